The lowest BCUT2D eigenvalue weighted by Crippen LogP contribution is -2.35. The zero-order valence-electron chi connectivity index (χ0n) is 9.42. The van der Waals surface area contributed by atoms with Crippen LogP contribution in [0.2, 0.25) is 0 Å². The van der Waals surface area contributed by atoms with E-state index in [9.17, 15) is 4.79 Å². The van der Waals surface area contributed by atoms with Crippen molar-refractivity contribution in [3.63, 3.8) is 0 Å². The Hall–Kier alpha value is -0.940. The van der Waals surface area contributed by atoms with Crippen LogP contribution in [0, 0.1) is 12.3 Å². The Morgan fingerprint density at radius 3 is 2.71 bits per heavy atom. The smallest absolute Gasteiger partial charge is 0.237 e. The Balaban J connectivity index is 2.20. The van der Waals surface area contributed by atoms with Gasteiger partial charge in [-0.2, -0.15) is 0 Å². The molecule has 0 aliphatic heterocycles. The van der Waals surface area contributed by atoms with Gasteiger partial charge in [0.2, 0.25) is 5.91 Å². The molecule has 1 aromatic rings. The van der Waals surface area contributed by atoms with Crippen molar-refractivity contribution in [1.29, 1.82) is 0 Å². The van der Waals surface area contributed by atoms with E-state index in [1.54, 1.807) is 0 Å². The summed E-state index contributed by atoms with van der Waals surface area (Å²) in [6.07, 6.45) is 1.50. The van der Waals surface area contributed by atoms with E-state index in [4.69, 9.17) is 18.0 Å². The van der Waals surface area contributed by atoms with Gasteiger partial charge in [0.15, 0.2) is 0 Å². The highest BCUT2D eigenvalue weighted by molar-refractivity contribution is 9.10. The SMILES string of the molecule is Cc1c(Br)cccc1NC(=O)C1(C(N)=S)CC1. The predicted molar refractivity (Wildman–Crippen MR) is 76.0 cm³/mol. The molecule has 1 aliphatic carbocycles. The lowest BCUT2D eigenvalue weighted by atomic mass is 10.1. The lowest BCUT2D eigenvalue weighted by Gasteiger charge is -2.15. The zero-order chi connectivity index (χ0) is 12.6. The minimum absolute atomic E-state index is 0.0915. The number of hydrogen-bond acceptors (Lipinski definition) is 2. The van der Waals surface area contributed by atoms with Crippen LogP contribution in [-0.2, 0) is 4.79 Å². The van der Waals surface area contributed by atoms with Gasteiger partial charge < -0.3 is 11.1 Å². The molecule has 0 bridgehead atoms. The molecular weight excluding hydrogens is 300 g/mol. The molecule has 5 heteroatoms. The fourth-order valence-electron chi connectivity index (χ4n) is 1.70. The Labute approximate surface area is 114 Å². The minimum Gasteiger partial charge on any atom is -0.392 e. The molecule has 0 unspecified atom stereocenters. The summed E-state index contributed by atoms with van der Waals surface area (Å²) in [5.41, 5.74) is 6.81. The van der Waals surface area contributed by atoms with Crippen molar-refractivity contribution in [3.8, 4) is 0 Å². The van der Waals surface area contributed by atoms with Crippen LogP contribution in [-0.4, -0.2) is 10.9 Å². The second-order valence-corrected chi connectivity index (χ2v) is 5.61. The van der Waals surface area contributed by atoms with Crippen LogP contribution >= 0.6 is 28.1 Å². The van der Waals surface area contributed by atoms with Gasteiger partial charge in [-0.05, 0) is 37.5 Å². The summed E-state index contributed by atoms with van der Waals surface area (Å²) in [4.78, 5) is 12.4. The third-order valence-electron chi connectivity index (χ3n) is 3.17. The van der Waals surface area contributed by atoms with Crippen LogP contribution in [0.1, 0.15) is 18.4 Å². The summed E-state index contributed by atoms with van der Waals surface area (Å²) in [6, 6.07) is 5.69. The van der Waals surface area contributed by atoms with Crippen LogP contribution in [0.25, 0.3) is 0 Å². The molecule has 0 saturated heterocycles. The molecule has 0 spiro atoms. The number of carbonyl (C=O) groups is 1. The molecule has 1 aromatic carbocycles. The fraction of sp³-hybridized carbons (Fsp3) is 0.333. The van der Waals surface area contributed by atoms with Crippen molar-refractivity contribution in [1.82, 2.24) is 0 Å². The maximum atomic E-state index is 12.1. The molecule has 3 nitrogen and oxygen atoms in total. The van der Waals surface area contributed by atoms with Gasteiger partial charge in [-0.25, -0.2) is 0 Å². The van der Waals surface area contributed by atoms with Crippen molar-refractivity contribution in [2.24, 2.45) is 11.1 Å². The number of carbonyl (C=O) groups excluding carboxylic acids is 1. The third-order valence-corrected chi connectivity index (χ3v) is 4.42. The predicted octanol–water partition coefficient (Wildman–Crippen LogP) is 2.76. The molecule has 1 saturated carbocycles. The van der Waals surface area contributed by atoms with Gasteiger partial charge in [-0.1, -0.05) is 34.2 Å². The maximum absolute atomic E-state index is 12.1. The van der Waals surface area contributed by atoms with Gasteiger partial charge in [-0.3, -0.25) is 4.79 Å². The quantitative estimate of drug-likeness (QED) is 0.844. The minimum atomic E-state index is -0.607. The maximum Gasteiger partial charge on any atom is 0.237 e. The molecule has 0 radical (unpaired) electrons. The van der Waals surface area contributed by atoms with E-state index in [2.05, 4.69) is 21.2 Å². The van der Waals surface area contributed by atoms with Crippen molar-refractivity contribution >= 4 is 44.7 Å². The van der Waals surface area contributed by atoms with Crippen LogP contribution < -0.4 is 11.1 Å². The van der Waals surface area contributed by atoms with Crippen molar-refractivity contribution in [3.05, 3.63) is 28.2 Å². The molecule has 3 N–H and O–H groups in total. The molecule has 1 amide bonds. The summed E-state index contributed by atoms with van der Waals surface area (Å²) < 4.78 is 0.968. The number of nitrogens with two attached hydrogens (primary N) is 1. The first-order valence-corrected chi connectivity index (χ1v) is 6.54. The highest BCUT2D eigenvalue weighted by atomic mass is 79.9. The number of thiocarbonyl (C=S) groups is 1. The largest absolute Gasteiger partial charge is 0.392 e. The second kappa shape index (κ2) is 4.38. The van der Waals surface area contributed by atoms with Crippen LogP contribution in [0.4, 0.5) is 5.69 Å². The fourth-order valence-corrected chi connectivity index (χ4v) is 2.36. The van der Waals surface area contributed by atoms with Crippen molar-refractivity contribution in [2.45, 2.75) is 19.8 Å². The van der Waals surface area contributed by atoms with Gasteiger partial charge in [0.1, 0.15) is 0 Å². The molecular formula is C12H13BrN2OS. The zero-order valence-corrected chi connectivity index (χ0v) is 11.8. The van der Waals surface area contributed by atoms with Gasteiger partial charge in [0, 0.05) is 10.2 Å². The first kappa shape index (κ1) is 12.5. The van der Waals surface area contributed by atoms with Gasteiger partial charge >= 0.3 is 0 Å². The number of rotatable bonds is 3. The van der Waals surface area contributed by atoms with E-state index in [1.807, 2.05) is 25.1 Å². The number of nitrogens with one attached hydrogen (secondary N) is 1. The van der Waals surface area contributed by atoms with Crippen LogP contribution in [0.5, 0.6) is 0 Å². The molecule has 1 fully saturated rings. The van der Waals surface area contributed by atoms with Crippen molar-refractivity contribution < 1.29 is 4.79 Å². The molecule has 2 rings (SSSR count). The molecule has 1 aliphatic rings. The first-order valence-electron chi connectivity index (χ1n) is 5.34. The van der Waals surface area contributed by atoms with Gasteiger partial charge in [0.05, 0.1) is 10.4 Å². The Kier molecular flexibility index (Phi) is 3.23. The van der Waals surface area contributed by atoms with E-state index in [0.29, 0.717) is 4.99 Å². The summed E-state index contributed by atoms with van der Waals surface area (Å²) in [5, 5.41) is 2.90. The lowest BCUT2D eigenvalue weighted by molar-refractivity contribution is -0.118. The topological polar surface area (TPSA) is 55.1 Å². The number of anilines is 1. The van der Waals surface area contributed by atoms with E-state index in [-0.39, 0.29) is 5.91 Å². The van der Waals surface area contributed by atoms with Gasteiger partial charge in [-0.15, -0.1) is 0 Å². The summed E-state index contributed by atoms with van der Waals surface area (Å²) in [6.45, 7) is 1.94. The van der Waals surface area contributed by atoms with E-state index in [1.165, 1.54) is 0 Å². The Morgan fingerprint density at radius 2 is 2.18 bits per heavy atom. The number of hydrogen-bond donors (Lipinski definition) is 2. The first-order chi connectivity index (χ1) is 7.97. The Morgan fingerprint density at radius 1 is 1.53 bits per heavy atom. The monoisotopic (exact) mass is 312 g/mol. The average molecular weight is 313 g/mol. The number of halogens is 1. The number of amides is 1. The summed E-state index contributed by atoms with van der Waals surface area (Å²) in [5.74, 6) is -0.0915. The molecule has 0 aromatic heterocycles. The standard InChI is InChI=1S/C12H13BrN2OS/c1-7-8(13)3-2-4-9(7)15-11(16)12(5-6-12)10(14)17/h2-4H,5-6H2,1H3,(H2,14,17)(H,15,16). The third kappa shape index (κ3) is 2.21. The highest BCUT2D eigenvalue weighted by Crippen LogP contribution is 2.47. The average Bonchev–Trinajstić information content (AvgIpc) is 3.05. The highest BCUT2D eigenvalue weighted by Gasteiger charge is 2.52. The van der Waals surface area contributed by atoms with Gasteiger partial charge in [0.25, 0.3) is 0 Å². The Bertz CT molecular complexity index is 497. The molecule has 0 heterocycles. The van der Waals surface area contributed by atoms with Crippen molar-refractivity contribution in [2.75, 3.05) is 5.32 Å². The van der Waals surface area contributed by atoms with E-state index >= 15 is 0 Å². The molecule has 0 atom stereocenters. The van der Waals surface area contributed by atoms with Crippen LogP contribution in [0.15, 0.2) is 22.7 Å². The summed E-state index contributed by atoms with van der Waals surface area (Å²) >= 11 is 8.38. The van der Waals surface area contributed by atoms with E-state index < -0.39 is 5.41 Å². The molecule has 17 heavy (non-hydrogen) atoms. The second-order valence-electron chi connectivity index (χ2n) is 4.31. The normalized spacial score (nSPS) is 16.4. The summed E-state index contributed by atoms with van der Waals surface area (Å²) in [7, 11) is 0. The number of benzene rings is 1. The molecule has 90 valence electrons. The van der Waals surface area contributed by atoms with Crippen LogP contribution in [0.3, 0.4) is 0 Å². The van der Waals surface area contributed by atoms with E-state index in [0.717, 1.165) is 28.6 Å².